The topological polar surface area (TPSA) is 92.7 Å². The molecule has 6 nitrogen and oxygen atoms in total. The highest BCUT2D eigenvalue weighted by atomic mass is 32.2. The molecule has 2 N–H and O–H groups in total. The van der Waals surface area contributed by atoms with Gasteiger partial charge in [-0.1, -0.05) is 49.4 Å². The van der Waals surface area contributed by atoms with Crippen molar-refractivity contribution < 1.29 is 23.1 Å². The van der Waals surface area contributed by atoms with Crippen LogP contribution in [0.3, 0.4) is 0 Å². The molecule has 0 saturated carbocycles. The van der Waals surface area contributed by atoms with Crippen molar-refractivity contribution in [3.63, 3.8) is 0 Å². The summed E-state index contributed by atoms with van der Waals surface area (Å²) in [6, 6.07) is 14.4. The van der Waals surface area contributed by atoms with Crippen LogP contribution in [0.25, 0.3) is 6.08 Å². The third kappa shape index (κ3) is 5.05. The first-order valence-corrected chi connectivity index (χ1v) is 11.2. The molecule has 0 saturated heterocycles. The fourth-order valence-corrected chi connectivity index (χ4v) is 4.57. The number of carboxylic acid groups (broad SMARTS) is 1. The number of rotatable bonds is 8. The zero-order valence-electron chi connectivity index (χ0n) is 16.3. The van der Waals surface area contributed by atoms with Gasteiger partial charge in [-0.3, -0.25) is 0 Å². The Morgan fingerprint density at radius 3 is 2.55 bits per heavy atom. The summed E-state index contributed by atoms with van der Waals surface area (Å²) in [5.41, 5.74) is 0.674. The first-order chi connectivity index (χ1) is 13.9. The van der Waals surface area contributed by atoms with Crippen molar-refractivity contribution in [2.24, 2.45) is 0 Å². The number of carbonyl (C=O) groups is 1. The van der Waals surface area contributed by atoms with Gasteiger partial charge in [-0.25, -0.2) is 13.2 Å². The van der Waals surface area contributed by atoms with Crippen LogP contribution < -0.4 is 9.46 Å². The van der Waals surface area contributed by atoms with Gasteiger partial charge in [0.2, 0.25) is 10.0 Å². The summed E-state index contributed by atoms with van der Waals surface area (Å²) in [5, 5.41) is 10.8. The summed E-state index contributed by atoms with van der Waals surface area (Å²) in [4.78, 5) is 12.1. The first kappa shape index (κ1) is 21.1. The Morgan fingerprint density at radius 1 is 1.14 bits per heavy atom. The lowest BCUT2D eigenvalue weighted by molar-refractivity contribution is -0.157. The third-order valence-corrected chi connectivity index (χ3v) is 6.14. The van der Waals surface area contributed by atoms with E-state index in [1.165, 1.54) is 6.08 Å². The highest BCUT2D eigenvalue weighted by Gasteiger charge is 2.43. The second-order valence-electron chi connectivity index (χ2n) is 7.05. The molecule has 0 heterocycles. The lowest BCUT2D eigenvalue weighted by Crippen LogP contribution is -2.58. The maximum absolute atomic E-state index is 12.6. The van der Waals surface area contributed by atoms with Crippen molar-refractivity contribution >= 4 is 22.1 Å². The maximum Gasteiger partial charge on any atom is 0.364 e. The van der Waals surface area contributed by atoms with Crippen LogP contribution in [0.2, 0.25) is 0 Å². The van der Waals surface area contributed by atoms with E-state index in [0.717, 1.165) is 42.2 Å². The van der Waals surface area contributed by atoms with Gasteiger partial charge in [0.05, 0.1) is 0 Å². The molecule has 0 bridgehead atoms. The average molecular weight is 416 g/mol. The standard InChI is InChI=1S/C22H25NO5S/c1-2-22(21(24)25,23-29(26,27)16-15-17-9-4-3-5-10-17)28-20-14-8-12-18-11-6-7-13-19(18)20/h3-5,8-10,12,14-16,23H,2,6-7,11,13H2,1H3,(H,24,25). The molecule has 2 aromatic rings. The van der Waals surface area contributed by atoms with Crippen molar-refractivity contribution in [3.8, 4) is 5.75 Å². The molecule has 1 aliphatic carbocycles. The lowest BCUT2D eigenvalue weighted by atomic mass is 9.91. The summed E-state index contributed by atoms with van der Waals surface area (Å²) in [7, 11) is -4.07. The van der Waals surface area contributed by atoms with Crippen LogP contribution >= 0.6 is 0 Å². The molecule has 0 aromatic heterocycles. The predicted molar refractivity (Wildman–Crippen MR) is 112 cm³/mol. The van der Waals surface area contributed by atoms with E-state index in [1.54, 1.807) is 37.3 Å². The van der Waals surface area contributed by atoms with Crippen LogP contribution in [-0.4, -0.2) is 25.2 Å². The van der Waals surface area contributed by atoms with E-state index >= 15 is 0 Å². The van der Waals surface area contributed by atoms with Gasteiger partial charge in [-0.15, -0.1) is 0 Å². The molecule has 7 heteroatoms. The van der Waals surface area contributed by atoms with E-state index in [2.05, 4.69) is 4.72 Å². The van der Waals surface area contributed by atoms with E-state index in [0.29, 0.717) is 11.3 Å². The Kier molecular flexibility index (Phi) is 6.39. The van der Waals surface area contributed by atoms with E-state index in [1.807, 2.05) is 18.2 Å². The Bertz CT molecular complexity index is 1000. The molecule has 0 spiro atoms. The number of hydrogen-bond acceptors (Lipinski definition) is 4. The van der Waals surface area contributed by atoms with Crippen LogP contribution in [0.1, 0.15) is 42.9 Å². The molecule has 2 aromatic carbocycles. The highest BCUT2D eigenvalue weighted by molar-refractivity contribution is 7.92. The van der Waals surface area contributed by atoms with E-state index in [-0.39, 0.29) is 6.42 Å². The number of sulfonamides is 1. The first-order valence-electron chi connectivity index (χ1n) is 9.65. The van der Waals surface area contributed by atoms with E-state index in [9.17, 15) is 18.3 Å². The van der Waals surface area contributed by atoms with Gasteiger partial charge < -0.3 is 9.84 Å². The molecular formula is C22H25NO5S. The molecule has 1 unspecified atom stereocenters. The molecule has 1 atom stereocenters. The number of aryl methyl sites for hydroxylation is 1. The van der Waals surface area contributed by atoms with Gasteiger partial charge in [-0.05, 0) is 54.5 Å². The Balaban J connectivity index is 1.89. The molecule has 0 radical (unpaired) electrons. The van der Waals surface area contributed by atoms with Crippen LogP contribution in [-0.2, 0) is 27.7 Å². The van der Waals surface area contributed by atoms with Crippen molar-refractivity contribution in [1.29, 1.82) is 0 Å². The Hall–Kier alpha value is -2.64. The van der Waals surface area contributed by atoms with Crippen molar-refractivity contribution in [2.45, 2.75) is 44.8 Å². The lowest BCUT2D eigenvalue weighted by Gasteiger charge is -2.31. The van der Waals surface area contributed by atoms with Gasteiger partial charge in [0.15, 0.2) is 0 Å². The molecular weight excluding hydrogens is 390 g/mol. The van der Waals surface area contributed by atoms with Gasteiger partial charge >= 0.3 is 5.97 Å². The summed E-state index contributed by atoms with van der Waals surface area (Å²) >= 11 is 0. The normalized spacial score (nSPS) is 16.2. The van der Waals surface area contributed by atoms with E-state index < -0.39 is 21.7 Å². The van der Waals surface area contributed by atoms with Crippen molar-refractivity contribution in [2.75, 3.05) is 0 Å². The van der Waals surface area contributed by atoms with Gasteiger partial charge in [0.25, 0.3) is 5.72 Å². The minimum atomic E-state index is -4.07. The number of nitrogens with one attached hydrogen (secondary N) is 1. The SMILES string of the molecule is CCC(NS(=O)(=O)C=Cc1ccccc1)(Oc1cccc2c1CCCC2)C(=O)O. The smallest absolute Gasteiger partial charge is 0.364 e. The second-order valence-corrected chi connectivity index (χ2v) is 8.62. The van der Waals surface area contributed by atoms with Gasteiger partial charge in [-0.2, -0.15) is 4.72 Å². The minimum Gasteiger partial charge on any atom is -0.477 e. The summed E-state index contributed by atoms with van der Waals surface area (Å²) in [6.45, 7) is 1.58. The minimum absolute atomic E-state index is 0.0790. The summed E-state index contributed by atoms with van der Waals surface area (Å²) < 4.78 is 33.4. The Labute approximate surface area is 171 Å². The summed E-state index contributed by atoms with van der Waals surface area (Å²) in [6.07, 6.45) is 5.09. The van der Waals surface area contributed by atoms with Crippen LogP contribution in [0.4, 0.5) is 0 Å². The fourth-order valence-electron chi connectivity index (χ4n) is 3.43. The molecule has 0 aliphatic heterocycles. The van der Waals surface area contributed by atoms with Crippen LogP contribution in [0.5, 0.6) is 5.75 Å². The predicted octanol–water partition coefficient (Wildman–Crippen LogP) is 3.73. The van der Waals surface area contributed by atoms with Gasteiger partial charge in [0, 0.05) is 11.8 Å². The van der Waals surface area contributed by atoms with E-state index in [4.69, 9.17) is 4.74 Å². The fraction of sp³-hybridized carbons (Fsp3) is 0.318. The number of carboxylic acids is 1. The monoisotopic (exact) mass is 415 g/mol. The number of benzene rings is 2. The third-order valence-electron chi connectivity index (χ3n) is 5.03. The molecule has 3 rings (SSSR count). The molecule has 1 aliphatic rings. The Morgan fingerprint density at radius 2 is 1.86 bits per heavy atom. The number of ether oxygens (including phenoxy) is 1. The van der Waals surface area contributed by atoms with Gasteiger partial charge in [0.1, 0.15) is 5.75 Å². The van der Waals surface area contributed by atoms with Crippen molar-refractivity contribution in [1.82, 2.24) is 4.72 Å². The highest BCUT2D eigenvalue weighted by Crippen LogP contribution is 2.32. The average Bonchev–Trinajstić information content (AvgIpc) is 2.72. The van der Waals surface area contributed by atoms with Crippen LogP contribution in [0, 0.1) is 0 Å². The molecule has 0 fully saturated rings. The number of aliphatic carboxylic acids is 1. The molecule has 29 heavy (non-hydrogen) atoms. The largest absolute Gasteiger partial charge is 0.477 e. The quantitative estimate of drug-likeness (QED) is 0.641. The van der Waals surface area contributed by atoms with Crippen molar-refractivity contribution in [3.05, 3.63) is 70.6 Å². The summed E-state index contributed by atoms with van der Waals surface area (Å²) in [5.74, 6) is -0.966. The second kappa shape index (κ2) is 8.80. The molecule has 0 amide bonds. The molecule has 154 valence electrons. The van der Waals surface area contributed by atoms with Crippen LogP contribution in [0.15, 0.2) is 53.9 Å². The number of fused-ring (bicyclic) bond motifs is 1. The maximum atomic E-state index is 12.6. The zero-order valence-corrected chi connectivity index (χ0v) is 17.1. The zero-order chi connectivity index (χ0) is 20.9. The number of hydrogen-bond donors (Lipinski definition) is 2.